The van der Waals surface area contributed by atoms with Gasteiger partial charge in [-0.15, -0.1) is 0 Å². The molecule has 0 amide bonds. The van der Waals surface area contributed by atoms with Crippen LogP contribution in [0, 0.1) is 0 Å². The number of sulfonamides is 1. The molecule has 0 spiro atoms. The molecule has 0 heterocycles. The van der Waals surface area contributed by atoms with E-state index in [1.807, 2.05) is 0 Å². The lowest BCUT2D eigenvalue weighted by molar-refractivity contribution is -0.135. The first-order valence-corrected chi connectivity index (χ1v) is 7.22. The van der Waals surface area contributed by atoms with Crippen LogP contribution >= 0.6 is 0 Å². The molecule has 0 fully saturated rings. The number of ether oxygens (including phenoxy) is 1. The molecule has 0 aromatic heterocycles. The van der Waals surface area contributed by atoms with E-state index in [1.54, 1.807) is 18.2 Å². The van der Waals surface area contributed by atoms with Crippen molar-refractivity contribution in [3.05, 3.63) is 36.9 Å². The van der Waals surface area contributed by atoms with E-state index in [0.717, 1.165) is 10.6 Å². The highest BCUT2D eigenvalue weighted by Crippen LogP contribution is 2.23. The van der Waals surface area contributed by atoms with Crippen molar-refractivity contribution >= 4 is 21.7 Å². The molecular weight excluding hydrogens is 270 g/mol. The normalized spacial score (nSPS) is 10.8. The van der Waals surface area contributed by atoms with Gasteiger partial charge in [-0.05, 0) is 12.1 Å². The maximum absolute atomic E-state index is 11.6. The van der Waals surface area contributed by atoms with Gasteiger partial charge in [-0.1, -0.05) is 18.7 Å². The van der Waals surface area contributed by atoms with Gasteiger partial charge in [0.15, 0.2) is 0 Å². The zero-order valence-corrected chi connectivity index (χ0v) is 11.3. The zero-order chi connectivity index (χ0) is 14.5. The fourth-order valence-corrected chi connectivity index (χ4v) is 2.25. The van der Waals surface area contributed by atoms with Crippen LogP contribution in [-0.2, 0) is 14.8 Å². The first-order valence-electron chi connectivity index (χ1n) is 5.38. The minimum Gasteiger partial charge on any atom is -0.489 e. The van der Waals surface area contributed by atoms with Crippen molar-refractivity contribution in [2.75, 3.05) is 23.7 Å². The molecule has 1 rings (SSSR count). The topological polar surface area (TPSA) is 83.9 Å². The number of benzene rings is 1. The monoisotopic (exact) mass is 285 g/mol. The summed E-state index contributed by atoms with van der Waals surface area (Å²) in [6, 6.07) is 6.21. The lowest BCUT2D eigenvalue weighted by atomic mass is 10.3. The van der Waals surface area contributed by atoms with Crippen molar-refractivity contribution in [3.8, 4) is 5.75 Å². The quantitative estimate of drug-likeness (QED) is 0.758. The van der Waals surface area contributed by atoms with Gasteiger partial charge in [-0.3, -0.25) is 9.10 Å². The molecule has 0 aliphatic carbocycles. The van der Waals surface area contributed by atoms with Gasteiger partial charge in [0.2, 0.25) is 10.0 Å². The predicted octanol–water partition coefficient (Wildman–Crippen LogP) is 1.10. The highest BCUT2D eigenvalue weighted by atomic mass is 32.2. The molecule has 104 valence electrons. The van der Waals surface area contributed by atoms with Gasteiger partial charge in [0.1, 0.15) is 18.9 Å². The molecule has 1 aromatic carbocycles. The largest absolute Gasteiger partial charge is 0.489 e. The third-order valence-corrected chi connectivity index (χ3v) is 3.29. The third-order valence-electron chi connectivity index (χ3n) is 2.15. The first-order chi connectivity index (χ1) is 8.84. The number of carboxylic acids is 1. The molecule has 0 saturated heterocycles. The molecule has 0 aliphatic rings. The number of nitrogens with zero attached hydrogens (tertiary/aromatic N) is 1. The van der Waals surface area contributed by atoms with E-state index in [0.29, 0.717) is 5.75 Å². The van der Waals surface area contributed by atoms with E-state index in [9.17, 15) is 13.2 Å². The average Bonchev–Trinajstić information content (AvgIpc) is 2.32. The molecule has 1 N–H and O–H groups in total. The molecule has 0 atom stereocenters. The summed E-state index contributed by atoms with van der Waals surface area (Å²) in [5.74, 6) is -0.792. The van der Waals surface area contributed by atoms with Crippen LogP contribution < -0.4 is 9.04 Å². The second-order valence-electron chi connectivity index (χ2n) is 3.76. The zero-order valence-electron chi connectivity index (χ0n) is 10.4. The number of carboxylic acid groups (broad SMARTS) is 1. The molecule has 0 unspecified atom stereocenters. The van der Waals surface area contributed by atoms with E-state index < -0.39 is 22.5 Å². The Labute approximate surface area is 112 Å². The highest BCUT2D eigenvalue weighted by Gasteiger charge is 2.20. The summed E-state index contributed by atoms with van der Waals surface area (Å²) in [6.45, 7) is 3.15. The Balaban J connectivity index is 3.08. The van der Waals surface area contributed by atoms with Crippen LogP contribution in [0.2, 0.25) is 0 Å². The van der Waals surface area contributed by atoms with Gasteiger partial charge in [0, 0.05) is 6.07 Å². The molecule has 1 aromatic rings. The summed E-state index contributed by atoms with van der Waals surface area (Å²) in [7, 11) is -3.67. The van der Waals surface area contributed by atoms with Gasteiger partial charge >= 0.3 is 5.97 Å². The maximum atomic E-state index is 11.6. The maximum Gasteiger partial charge on any atom is 0.324 e. The Kier molecular flexibility index (Phi) is 4.94. The molecule has 0 saturated carbocycles. The summed E-state index contributed by atoms with van der Waals surface area (Å²) < 4.78 is 29.3. The lowest BCUT2D eigenvalue weighted by Crippen LogP contribution is -2.34. The van der Waals surface area contributed by atoms with Crippen molar-refractivity contribution in [1.82, 2.24) is 0 Å². The third kappa shape index (κ3) is 4.63. The summed E-state index contributed by atoms with van der Waals surface area (Å²) in [5.41, 5.74) is 0.242. The summed E-state index contributed by atoms with van der Waals surface area (Å²) in [5, 5.41) is 8.77. The standard InChI is InChI=1S/C12H15NO5S/c1-3-7-18-11-6-4-5-10(8-11)13(9-12(14)15)19(2,16)17/h3-6,8H,1,7,9H2,2H3,(H,14,15). The van der Waals surface area contributed by atoms with Crippen LogP contribution in [0.25, 0.3) is 0 Å². The fourth-order valence-electron chi connectivity index (χ4n) is 1.41. The van der Waals surface area contributed by atoms with Gasteiger partial charge in [0.05, 0.1) is 11.9 Å². The number of carbonyl (C=O) groups is 1. The highest BCUT2D eigenvalue weighted by molar-refractivity contribution is 7.92. The van der Waals surface area contributed by atoms with Gasteiger partial charge in [0.25, 0.3) is 0 Å². The molecule has 6 nitrogen and oxygen atoms in total. The molecule has 7 heteroatoms. The number of aliphatic carboxylic acids is 1. The number of rotatable bonds is 7. The number of hydrogen-bond acceptors (Lipinski definition) is 4. The van der Waals surface area contributed by atoms with E-state index >= 15 is 0 Å². The van der Waals surface area contributed by atoms with Crippen LogP contribution in [-0.4, -0.2) is 38.9 Å². The van der Waals surface area contributed by atoms with Crippen molar-refractivity contribution in [1.29, 1.82) is 0 Å². The molecule has 0 bridgehead atoms. The van der Waals surface area contributed by atoms with Crippen LogP contribution in [0.15, 0.2) is 36.9 Å². The molecular formula is C12H15NO5S. The van der Waals surface area contributed by atoms with Gasteiger partial charge < -0.3 is 9.84 Å². The van der Waals surface area contributed by atoms with Crippen molar-refractivity contribution < 1.29 is 23.1 Å². The van der Waals surface area contributed by atoms with E-state index in [4.69, 9.17) is 9.84 Å². The van der Waals surface area contributed by atoms with Crippen molar-refractivity contribution in [2.45, 2.75) is 0 Å². The first kappa shape index (κ1) is 15.0. The van der Waals surface area contributed by atoms with E-state index in [2.05, 4.69) is 6.58 Å². The Morgan fingerprint density at radius 3 is 2.74 bits per heavy atom. The van der Waals surface area contributed by atoms with Crippen LogP contribution in [0.5, 0.6) is 5.75 Å². The fraction of sp³-hybridized carbons (Fsp3) is 0.250. The summed E-state index contributed by atoms with van der Waals surface area (Å²) >= 11 is 0. The van der Waals surface area contributed by atoms with E-state index in [-0.39, 0.29) is 12.3 Å². The van der Waals surface area contributed by atoms with Crippen LogP contribution in [0.4, 0.5) is 5.69 Å². The molecule has 0 aliphatic heterocycles. The minimum absolute atomic E-state index is 0.242. The van der Waals surface area contributed by atoms with Crippen LogP contribution in [0.1, 0.15) is 0 Å². The second kappa shape index (κ2) is 6.24. The number of hydrogen-bond donors (Lipinski definition) is 1. The SMILES string of the molecule is C=CCOc1cccc(N(CC(=O)O)S(C)(=O)=O)c1. The Hall–Kier alpha value is -2.02. The molecule has 19 heavy (non-hydrogen) atoms. The van der Waals surface area contributed by atoms with Gasteiger partial charge in [-0.25, -0.2) is 8.42 Å². The minimum atomic E-state index is -3.67. The Bertz CT molecular complexity index is 567. The average molecular weight is 285 g/mol. The van der Waals surface area contributed by atoms with E-state index in [1.165, 1.54) is 12.1 Å². The summed E-state index contributed by atoms with van der Waals surface area (Å²) in [6.07, 6.45) is 2.51. The Morgan fingerprint density at radius 2 is 2.21 bits per heavy atom. The molecule has 0 radical (unpaired) electrons. The second-order valence-corrected chi connectivity index (χ2v) is 5.67. The van der Waals surface area contributed by atoms with Crippen molar-refractivity contribution in [3.63, 3.8) is 0 Å². The Morgan fingerprint density at radius 1 is 1.53 bits per heavy atom. The van der Waals surface area contributed by atoms with Crippen LogP contribution in [0.3, 0.4) is 0 Å². The summed E-state index contributed by atoms with van der Waals surface area (Å²) in [4.78, 5) is 10.7. The van der Waals surface area contributed by atoms with Crippen molar-refractivity contribution in [2.24, 2.45) is 0 Å². The lowest BCUT2D eigenvalue weighted by Gasteiger charge is -2.20. The number of anilines is 1. The smallest absolute Gasteiger partial charge is 0.324 e. The van der Waals surface area contributed by atoms with Gasteiger partial charge in [-0.2, -0.15) is 0 Å². The predicted molar refractivity (Wildman–Crippen MR) is 72.0 cm³/mol.